The van der Waals surface area contributed by atoms with Crippen LogP contribution < -0.4 is 5.32 Å². The van der Waals surface area contributed by atoms with E-state index in [1.807, 2.05) is 0 Å². The van der Waals surface area contributed by atoms with E-state index in [4.69, 9.17) is 0 Å². The van der Waals surface area contributed by atoms with Crippen LogP contribution in [0.5, 0.6) is 0 Å². The van der Waals surface area contributed by atoms with Gasteiger partial charge in [0.25, 0.3) is 0 Å². The van der Waals surface area contributed by atoms with E-state index in [9.17, 15) is 13.2 Å². The Hall–Kier alpha value is -0.950. The monoisotopic (exact) mass is 206 g/mol. The van der Waals surface area contributed by atoms with Crippen molar-refractivity contribution in [1.29, 1.82) is 0 Å². The topological polar surface area (TPSA) is 84.8 Å². The van der Waals surface area contributed by atoms with E-state index in [2.05, 4.69) is 14.4 Å². The lowest BCUT2D eigenvalue weighted by Crippen LogP contribution is -2.31. The predicted molar refractivity (Wildman–Crippen MR) is 43.6 cm³/mol. The molecular formula is C6H10N2O4S. The first-order valence-electron chi connectivity index (χ1n) is 3.75. The van der Waals surface area contributed by atoms with Crippen LogP contribution in [0, 0.1) is 0 Å². The highest BCUT2D eigenvalue weighted by atomic mass is 32.2. The van der Waals surface area contributed by atoms with Gasteiger partial charge < -0.3 is 10.1 Å². The molecule has 0 bridgehead atoms. The number of nitrogens with one attached hydrogen (secondary N) is 1. The predicted octanol–water partition coefficient (Wildman–Crippen LogP) is -1.05. The lowest BCUT2D eigenvalue weighted by atomic mass is 10.2. The van der Waals surface area contributed by atoms with Crippen LogP contribution in [0.2, 0.25) is 0 Å². The Bertz CT molecular complexity index is 316. The van der Waals surface area contributed by atoms with Crippen LogP contribution in [0.3, 0.4) is 0 Å². The molecule has 1 saturated heterocycles. The Morgan fingerprint density at radius 2 is 2.31 bits per heavy atom. The van der Waals surface area contributed by atoms with E-state index < -0.39 is 16.5 Å². The minimum atomic E-state index is -2.40. The second-order valence-electron chi connectivity index (χ2n) is 2.70. The Balaban J connectivity index is 2.54. The Morgan fingerprint density at radius 1 is 1.62 bits per heavy atom. The van der Waals surface area contributed by atoms with Crippen molar-refractivity contribution >= 4 is 16.5 Å². The number of hydrogen-bond donors (Lipinski definition) is 1. The molecule has 0 radical (unpaired) electrons. The Morgan fingerprint density at radius 3 is 2.85 bits per heavy atom. The highest BCUT2D eigenvalue weighted by Gasteiger charge is 2.30. The summed E-state index contributed by atoms with van der Waals surface area (Å²) >= 11 is 0. The lowest BCUT2D eigenvalue weighted by Gasteiger charge is -2.05. The molecule has 74 valence electrons. The first-order chi connectivity index (χ1) is 6.13. The molecule has 1 fully saturated rings. The van der Waals surface area contributed by atoms with Crippen molar-refractivity contribution in [2.75, 3.05) is 13.7 Å². The first kappa shape index (κ1) is 10.1. The summed E-state index contributed by atoms with van der Waals surface area (Å²) in [5.74, 6) is -0.380. The lowest BCUT2D eigenvalue weighted by molar-refractivity contribution is -0.142. The molecule has 13 heavy (non-hydrogen) atoms. The number of carbonyl (C=O) groups is 1. The van der Waals surface area contributed by atoms with Crippen LogP contribution in [-0.4, -0.2) is 40.1 Å². The molecule has 1 aliphatic heterocycles. The van der Waals surface area contributed by atoms with Gasteiger partial charge in [0, 0.05) is 6.54 Å². The molecule has 0 unspecified atom stereocenters. The van der Waals surface area contributed by atoms with Crippen LogP contribution in [0.4, 0.5) is 0 Å². The maximum absolute atomic E-state index is 11.0. The summed E-state index contributed by atoms with van der Waals surface area (Å²) in [7, 11) is -1.11. The summed E-state index contributed by atoms with van der Waals surface area (Å²) in [5, 5.41) is 2.82. The van der Waals surface area contributed by atoms with Crippen LogP contribution in [0.25, 0.3) is 0 Å². The van der Waals surface area contributed by atoms with Gasteiger partial charge in [0.15, 0.2) is 0 Å². The zero-order chi connectivity index (χ0) is 9.84. The summed E-state index contributed by atoms with van der Waals surface area (Å²) < 4.78 is 28.3. The number of carbonyl (C=O) groups excluding carboxylic acids is 1. The molecule has 1 rings (SSSR count). The molecule has 7 heteroatoms. The molecule has 0 saturated carbocycles. The van der Waals surface area contributed by atoms with Gasteiger partial charge in [0.1, 0.15) is 6.04 Å². The number of hydrogen-bond acceptors (Lipinski definition) is 6. The zero-order valence-electron chi connectivity index (χ0n) is 7.06. The Kier molecular flexibility index (Phi) is 3.38. The number of rotatable bonds is 2. The third-order valence-corrected chi connectivity index (χ3v) is 2.30. The highest BCUT2D eigenvalue weighted by molar-refractivity contribution is 7.61. The highest BCUT2D eigenvalue weighted by Crippen LogP contribution is 2.10. The number of esters is 1. The molecule has 0 aromatic rings. The van der Waals surface area contributed by atoms with Crippen molar-refractivity contribution in [2.45, 2.75) is 18.5 Å². The largest absolute Gasteiger partial charge is 0.468 e. The van der Waals surface area contributed by atoms with E-state index in [-0.39, 0.29) is 12.0 Å². The van der Waals surface area contributed by atoms with Gasteiger partial charge in [-0.05, 0) is 6.42 Å². The van der Waals surface area contributed by atoms with Crippen molar-refractivity contribution in [3.8, 4) is 0 Å². The van der Waals surface area contributed by atoms with Crippen LogP contribution in [0.15, 0.2) is 4.36 Å². The fourth-order valence-corrected chi connectivity index (χ4v) is 1.64. The molecule has 2 atom stereocenters. The molecular weight excluding hydrogens is 196 g/mol. The smallest absolute Gasteiger partial charge is 0.322 e. The van der Waals surface area contributed by atoms with Crippen molar-refractivity contribution in [3.05, 3.63) is 0 Å². The van der Waals surface area contributed by atoms with E-state index in [1.54, 1.807) is 0 Å². The fourth-order valence-electron chi connectivity index (χ4n) is 1.24. The molecule has 1 aliphatic rings. The minimum absolute atomic E-state index is 0.345. The van der Waals surface area contributed by atoms with Crippen LogP contribution in [-0.2, 0) is 20.0 Å². The van der Waals surface area contributed by atoms with Gasteiger partial charge >= 0.3 is 16.5 Å². The molecule has 0 aromatic heterocycles. The number of nitrogens with zero attached hydrogens (tertiary/aromatic N) is 1. The van der Waals surface area contributed by atoms with E-state index >= 15 is 0 Å². The van der Waals surface area contributed by atoms with E-state index in [1.165, 1.54) is 7.11 Å². The van der Waals surface area contributed by atoms with Gasteiger partial charge in [0.05, 0.1) is 13.2 Å². The second-order valence-corrected chi connectivity index (χ2v) is 3.34. The summed E-state index contributed by atoms with van der Waals surface area (Å²) in [6.07, 6.45) is 0.376. The van der Waals surface area contributed by atoms with Gasteiger partial charge in [-0.2, -0.15) is 12.8 Å². The summed E-state index contributed by atoms with van der Waals surface area (Å²) in [6, 6.07) is -0.773. The molecule has 0 aliphatic carbocycles. The molecule has 1 heterocycles. The van der Waals surface area contributed by atoms with Gasteiger partial charge in [-0.3, -0.25) is 4.79 Å². The SMILES string of the molecule is COC(=O)[C@@H]1C[C@@H](N=S(=O)=O)CN1. The maximum atomic E-state index is 11.0. The zero-order valence-corrected chi connectivity index (χ0v) is 7.87. The molecule has 0 amide bonds. The number of ether oxygens (including phenoxy) is 1. The van der Waals surface area contributed by atoms with Crippen molar-refractivity contribution in [2.24, 2.45) is 4.36 Å². The third-order valence-electron chi connectivity index (χ3n) is 1.83. The summed E-state index contributed by atoms with van der Waals surface area (Å²) in [4.78, 5) is 11.0. The summed E-state index contributed by atoms with van der Waals surface area (Å²) in [6.45, 7) is 0.397. The van der Waals surface area contributed by atoms with Gasteiger partial charge in [-0.15, -0.1) is 0 Å². The molecule has 6 nitrogen and oxygen atoms in total. The fraction of sp³-hybridized carbons (Fsp3) is 0.833. The van der Waals surface area contributed by atoms with Gasteiger partial charge in [-0.1, -0.05) is 0 Å². The average Bonchev–Trinajstić information content (AvgIpc) is 2.50. The normalized spacial score (nSPS) is 26.8. The van der Waals surface area contributed by atoms with Gasteiger partial charge in [0.2, 0.25) is 0 Å². The minimum Gasteiger partial charge on any atom is -0.468 e. The van der Waals surface area contributed by atoms with E-state index in [0.29, 0.717) is 13.0 Å². The van der Waals surface area contributed by atoms with Crippen LogP contribution >= 0.6 is 0 Å². The molecule has 0 spiro atoms. The molecule has 1 N–H and O–H groups in total. The maximum Gasteiger partial charge on any atom is 0.322 e. The second kappa shape index (κ2) is 4.33. The Labute approximate surface area is 77.0 Å². The quantitative estimate of drug-likeness (QED) is 0.583. The van der Waals surface area contributed by atoms with Crippen molar-refractivity contribution in [3.63, 3.8) is 0 Å². The first-order valence-corrected chi connectivity index (χ1v) is 4.78. The molecule has 0 aromatic carbocycles. The number of methoxy groups -OCH3 is 1. The third kappa shape index (κ3) is 2.78. The van der Waals surface area contributed by atoms with Crippen molar-refractivity contribution in [1.82, 2.24) is 5.32 Å². The van der Waals surface area contributed by atoms with Gasteiger partial charge in [-0.25, -0.2) is 0 Å². The van der Waals surface area contributed by atoms with E-state index in [0.717, 1.165) is 0 Å². The standard InChI is InChI=1S/C6H10N2O4S/c1-12-6(9)5-2-4(3-7-5)8-13(10)11/h4-5,7H,2-3H2,1H3/t4-,5+/m1/s1. The van der Waals surface area contributed by atoms with Crippen molar-refractivity contribution < 1.29 is 17.9 Å². The average molecular weight is 206 g/mol. The van der Waals surface area contributed by atoms with Crippen LogP contribution in [0.1, 0.15) is 6.42 Å². The summed E-state index contributed by atoms with van der Waals surface area (Å²) in [5.41, 5.74) is 0.